The molecule has 4 nitrogen and oxygen atoms in total. The Morgan fingerprint density at radius 3 is 2.94 bits per heavy atom. The highest BCUT2D eigenvalue weighted by Gasteiger charge is 2.18. The molecule has 0 saturated carbocycles. The molecule has 5 heteroatoms. The van der Waals surface area contributed by atoms with Crippen LogP contribution < -0.4 is 5.73 Å². The van der Waals surface area contributed by atoms with E-state index in [4.69, 9.17) is 10.8 Å². The van der Waals surface area contributed by atoms with Crippen molar-refractivity contribution in [2.24, 2.45) is 5.73 Å². The fourth-order valence-electron chi connectivity index (χ4n) is 2.02. The predicted octanol–water partition coefficient (Wildman–Crippen LogP) is 2.45. The average Bonchev–Trinajstić information content (AvgIpc) is 2.71. The maximum atomic E-state index is 10.8. The van der Waals surface area contributed by atoms with E-state index in [-0.39, 0.29) is 12.3 Å². The zero-order chi connectivity index (χ0) is 12.4. The summed E-state index contributed by atoms with van der Waals surface area (Å²) in [5.41, 5.74) is 7.60. The van der Waals surface area contributed by atoms with Crippen LogP contribution in [0.4, 0.5) is 0 Å². The summed E-state index contributed by atoms with van der Waals surface area (Å²) in [6, 6.07) is 5.83. The third-order valence-electron chi connectivity index (χ3n) is 2.83. The molecule has 0 saturated heterocycles. The number of nitrogens with one attached hydrogen (secondary N) is 1. The lowest BCUT2D eigenvalue weighted by molar-refractivity contribution is -0.137. The van der Waals surface area contributed by atoms with Crippen LogP contribution in [0.25, 0.3) is 10.9 Å². The smallest absolute Gasteiger partial charge is 0.304 e. The number of aromatic nitrogens is 1. The number of nitrogens with two attached hydrogens (primary N) is 1. The van der Waals surface area contributed by atoms with E-state index in [1.54, 1.807) is 0 Å². The number of hydrogen-bond acceptors (Lipinski definition) is 2. The number of carboxylic acid groups (broad SMARTS) is 1. The largest absolute Gasteiger partial charge is 0.481 e. The van der Waals surface area contributed by atoms with Gasteiger partial charge in [0.1, 0.15) is 0 Å². The molecule has 90 valence electrons. The van der Waals surface area contributed by atoms with Crippen molar-refractivity contribution >= 4 is 32.8 Å². The quantitative estimate of drug-likeness (QED) is 0.811. The molecular weight excluding hydrogens is 284 g/mol. The van der Waals surface area contributed by atoms with Gasteiger partial charge in [-0.1, -0.05) is 22.0 Å². The molecule has 0 aliphatic carbocycles. The Labute approximate surface area is 107 Å². The molecule has 2 aromatic rings. The van der Waals surface area contributed by atoms with E-state index in [1.165, 1.54) is 0 Å². The van der Waals surface area contributed by atoms with E-state index in [1.807, 2.05) is 24.4 Å². The molecule has 1 aromatic heterocycles. The van der Waals surface area contributed by atoms with Crippen LogP contribution in [0.15, 0.2) is 28.9 Å². The Bertz CT molecular complexity index is 550. The minimum Gasteiger partial charge on any atom is -0.481 e. The third-order valence-corrected chi connectivity index (χ3v) is 3.49. The van der Waals surface area contributed by atoms with Crippen LogP contribution in [0.5, 0.6) is 0 Å². The molecule has 1 heterocycles. The summed E-state index contributed by atoms with van der Waals surface area (Å²) in [5.74, 6) is -0.998. The summed E-state index contributed by atoms with van der Waals surface area (Å²) in [5, 5.41) is 9.90. The van der Waals surface area contributed by atoms with Crippen molar-refractivity contribution in [2.75, 3.05) is 6.54 Å². The highest BCUT2D eigenvalue weighted by Crippen LogP contribution is 2.32. The standard InChI is InChI=1S/C12H13BrN2O2/c13-9-2-1-3-10-12(9)8(6-15-10)7(5-14)4-11(16)17/h1-3,6-7,15H,4-5,14H2,(H,16,17). The molecule has 1 aromatic carbocycles. The van der Waals surface area contributed by atoms with Gasteiger partial charge in [-0.05, 0) is 24.2 Å². The van der Waals surface area contributed by atoms with Crippen molar-refractivity contribution in [3.05, 3.63) is 34.4 Å². The Morgan fingerprint density at radius 1 is 1.53 bits per heavy atom. The summed E-state index contributed by atoms with van der Waals surface area (Å²) in [6.45, 7) is 0.320. The van der Waals surface area contributed by atoms with Gasteiger partial charge in [-0.15, -0.1) is 0 Å². The average molecular weight is 297 g/mol. The number of aliphatic carboxylic acids is 1. The highest BCUT2D eigenvalue weighted by molar-refractivity contribution is 9.10. The van der Waals surface area contributed by atoms with E-state index in [0.29, 0.717) is 6.54 Å². The van der Waals surface area contributed by atoms with Gasteiger partial charge in [0.2, 0.25) is 0 Å². The lowest BCUT2D eigenvalue weighted by Crippen LogP contribution is -2.16. The van der Waals surface area contributed by atoms with E-state index in [2.05, 4.69) is 20.9 Å². The minimum atomic E-state index is -0.832. The molecule has 0 spiro atoms. The number of benzene rings is 1. The molecule has 0 bridgehead atoms. The van der Waals surface area contributed by atoms with Gasteiger partial charge >= 0.3 is 5.97 Å². The fourth-order valence-corrected chi connectivity index (χ4v) is 2.61. The van der Waals surface area contributed by atoms with Crippen LogP contribution in [-0.2, 0) is 4.79 Å². The van der Waals surface area contributed by atoms with E-state index >= 15 is 0 Å². The molecule has 0 aliphatic rings. The summed E-state index contributed by atoms with van der Waals surface area (Å²) in [7, 11) is 0. The molecule has 0 radical (unpaired) electrons. The molecule has 0 aliphatic heterocycles. The van der Waals surface area contributed by atoms with Crippen LogP contribution in [0.2, 0.25) is 0 Å². The minimum absolute atomic E-state index is 0.0464. The number of fused-ring (bicyclic) bond motifs is 1. The molecule has 0 fully saturated rings. The Hall–Kier alpha value is -1.33. The summed E-state index contributed by atoms with van der Waals surface area (Å²) in [4.78, 5) is 13.9. The van der Waals surface area contributed by atoms with Crippen LogP contribution in [-0.4, -0.2) is 22.6 Å². The molecule has 4 N–H and O–H groups in total. The van der Waals surface area contributed by atoms with E-state index < -0.39 is 5.97 Å². The van der Waals surface area contributed by atoms with Crippen molar-refractivity contribution < 1.29 is 9.90 Å². The second-order valence-corrected chi connectivity index (χ2v) is 4.79. The zero-order valence-electron chi connectivity index (χ0n) is 9.11. The van der Waals surface area contributed by atoms with Crippen LogP contribution in [0, 0.1) is 0 Å². The topological polar surface area (TPSA) is 79.1 Å². The first kappa shape index (κ1) is 12.1. The second-order valence-electron chi connectivity index (χ2n) is 3.94. The first-order chi connectivity index (χ1) is 8.13. The van der Waals surface area contributed by atoms with Gasteiger partial charge < -0.3 is 15.8 Å². The number of H-pyrrole nitrogens is 1. The maximum absolute atomic E-state index is 10.8. The second kappa shape index (κ2) is 4.89. The van der Waals surface area contributed by atoms with Crippen molar-refractivity contribution in [2.45, 2.75) is 12.3 Å². The van der Waals surface area contributed by atoms with Gasteiger partial charge in [0, 0.05) is 27.5 Å². The number of carbonyl (C=O) groups is 1. The van der Waals surface area contributed by atoms with Crippen LogP contribution in [0.3, 0.4) is 0 Å². The van der Waals surface area contributed by atoms with Gasteiger partial charge in [-0.25, -0.2) is 0 Å². The van der Waals surface area contributed by atoms with Crippen molar-refractivity contribution in [1.82, 2.24) is 4.98 Å². The Kier molecular flexibility index (Phi) is 3.49. The van der Waals surface area contributed by atoms with Crippen molar-refractivity contribution in [3.63, 3.8) is 0 Å². The van der Waals surface area contributed by atoms with Gasteiger partial charge in [0.15, 0.2) is 0 Å². The number of halogens is 1. The number of hydrogen-bond donors (Lipinski definition) is 3. The zero-order valence-corrected chi connectivity index (χ0v) is 10.7. The summed E-state index contributed by atoms with van der Waals surface area (Å²) < 4.78 is 0.954. The fraction of sp³-hybridized carbons (Fsp3) is 0.250. The first-order valence-electron chi connectivity index (χ1n) is 5.31. The SMILES string of the molecule is NCC(CC(=O)O)c1c[nH]c2cccc(Br)c12. The number of rotatable bonds is 4. The Balaban J connectivity index is 2.50. The molecule has 1 unspecified atom stereocenters. The van der Waals surface area contributed by atoms with Gasteiger partial charge in [-0.3, -0.25) is 4.79 Å². The van der Waals surface area contributed by atoms with E-state index in [0.717, 1.165) is 20.9 Å². The van der Waals surface area contributed by atoms with Crippen LogP contribution in [0.1, 0.15) is 17.9 Å². The molecule has 1 atom stereocenters. The Morgan fingerprint density at radius 2 is 2.29 bits per heavy atom. The normalized spacial score (nSPS) is 12.8. The van der Waals surface area contributed by atoms with Gasteiger partial charge in [-0.2, -0.15) is 0 Å². The number of carboxylic acids is 1. The summed E-state index contributed by atoms with van der Waals surface area (Å²) >= 11 is 3.48. The molecule has 17 heavy (non-hydrogen) atoms. The predicted molar refractivity (Wildman–Crippen MR) is 70.0 cm³/mol. The first-order valence-corrected chi connectivity index (χ1v) is 6.10. The highest BCUT2D eigenvalue weighted by atomic mass is 79.9. The molecular formula is C12H13BrN2O2. The lowest BCUT2D eigenvalue weighted by atomic mass is 9.95. The van der Waals surface area contributed by atoms with Gasteiger partial charge in [0.05, 0.1) is 6.42 Å². The van der Waals surface area contributed by atoms with Crippen molar-refractivity contribution in [3.8, 4) is 0 Å². The van der Waals surface area contributed by atoms with Gasteiger partial charge in [0.25, 0.3) is 0 Å². The lowest BCUT2D eigenvalue weighted by Gasteiger charge is -2.11. The third kappa shape index (κ3) is 2.35. The maximum Gasteiger partial charge on any atom is 0.304 e. The molecule has 0 amide bonds. The molecule has 2 rings (SSSR count). The summed E-state index contributed by atoms with van der Waals surface area (Å²) in [6.07, 6.45) is 1.89. The van der Waals surface area contributed by atoms with Crippen LogP contribution >= 0.6 is 15.9 Å². The monoisotopic (exact) mass is 296 g/mol. The number of aromatic amines is 1. The van der Waals surface area contributed by atoms with Crippen molar-refractivity contribution in [1.29, 1.82) is 0 Å². The van der Waals surface area contributed by atoms with E-state index in [9.17, 15) is 4.79 Å².